The molecule has 0 aliphatic heterocycles. The quantitative estimate of drug-likeness (QED) is 0.605. The summed E-state index contributed by atoms with van der Waals surface area (Å²) in [6.07, 6.45) is 15.6. The van der Waals surface area contributed by atoms with E-state index < -0.39 is 5.97 Å². The van der Waals surface area contributed by atoms with Crippen LogP contribution in [0.1, 0.15) is 52.4 Å². The molecule has 0 spiro atoms. The summed E-state index contributed by atoms with van der Waals surface area (Å²) in [7, 11) is 0. The predicted molar refractivity (Wildman–Crippen MR) is 96.9 cm³/mol. The lowest BCUT2D eigenvalue weighted by molar-refractivity contribution is -0.136. The Bertz CT molecular complexity index is 700. The highest BCUT2D eigenvalue weighted by molar-refractivity contribution is 5.71. The third-order valence-electron chi connectivity index (χ3n) is 7.98. The van der Waals surface area contributed by atoms with Crippen molar-refractivity contribution in [2.75, 3.05) is 0 Å². The van der Waals surface area contributed by atoms with Crippen LogP contribution in [-0.4, -0.2) is 17.4 Å². The molecule has 6 atom stereocenters. The van der Waals surface area contributed by atoms with Gasteiger partial charge in [0.2, 0.25) is 0 Å². The van der Waals surface area contributed by atoms with Gasteiger partial charge in [-0.1, -0.05) is 43.7 Å². The molecule has 2 saturated carbocycles. The van der Waals surface area contributed by atoms with E-state index in [1.807, 2.05) is 0 Å². The SMILES string of the molecule is C[C@]12C=CCC(CC(=O)O)=C1C=C[C@@H]1[C@@H]2CC[C@]2(C)C(C=O)CC[C@@H]12. The Morgan fingerprint density at radius 2 is 2.08 bits per heavy atom. The Labute approximate surface area is 149 Å². The van der Waals surface area contributed by atoms with Crippen molar-refractivity contribution in [2.45, 2.75) is 52.4 Å². The van der Waals surface area contributed by atoms with E-state index in [0.717, 1.165) is 37.7 Å². The van der Waals surface area contributed by atoms with Gasteiger partial charge >= 0.3 is 5.97 Å². The van der Waals surface area contributed by atoms with Gasteiger partial charge in [-0.25, -0.2) is 0 Å². The number of carbonyl (C=O) groups excluding carboxylic acids is 1. The van der Waals surface area contributed by atoms with Crippen LogP contribution in [0.25, 0.3) is 0 Å². The van der Waals surface area contributed by atoms with E-state index in [1.165, 1.54) is 11.9 Å². The summed E-state index contributed by atoms with van der Waals surface area (Å²) in [5.74, 6) is 1.08. The first-order valence-corrected chi connectivity index (χ1v) is 9.65. The van der Waals surface area contributed by atoms with Gasteiger partial charge < -0.3 is 9.90 Å². The molecule has 4 aliphatic carbocycles. The summed E-state index contributed by atoms with van der Waals surface area (Å²) in [6, 6.07) is 0. The van der Waals surface area contributed by atoms with Crippen LogP contribution in [0, 0.1) is 34.5 Å². The monoisotopic (exact) mass is 340 g/mol. The van der Waals surface area contributed by atoms with Gasteiger partial charge in [0.05, 0.1) is 6.42 Å². The van der Waals surface area contributed by atoms with E-state index in [9.17, 15) is 14.7 Å². The predicted octanol–water partition coefficient (Wildman–Crippen LogP) is 4.55. The molecular formula is C22H28O3. The number of aliphatic carboxylic acids is 1. The average molecular weight is 340 g/mol. The molecule has 134 valence electrons. The smallest absolute Gasteiger partial charge is 0.307 e. The molecule has 3 heteroatoms. The topological polar surface area (TPSA) is 54.4 Å². The molecule has 0 saturated heterocycles. The van der Waals surface area contributed by atoms with E-state index in [0.29, 0.717) is 17.8 Å². The van der Waals surface area contributed by atoms with Crippen molar-refractivity contribution in [3.8, 4) is 0 Å². The second kappa shape index (κ2) is 5.69. The van der Waals surface area contributed by atoms with E-state index in [-0.39, 0.29) is 23.2 Å². The van der Waals surface area contributed by atoms with E-state index >= 15 is 0 Å². The van der Waals surface area contributed by atoms with Crippen LogP contribution in [0.2, 0.25) is 0 Å². The Morgan fingerprint density at radius 1 is 1.28 bits per heavy atom. The molecule has 4 aliphatic rings. The highest BCUT2D eigenvalue weighted by Gasteiger charge is 2.57. The first-order chi connectivity index (χ1) is 11.9. The van der Waals surface area contributed by atoms with Crippen molar-refractivity contribution in [2.24, 2.45) is 34.5 Å². The Hall–Kier alpha value is -1.64. The van der Waals surface area contributed by atoms with E-state index in [2.05, 4.69) is 38.2 Å². The van der Waals surface area contributed by atoms with Gasteiger partial charge in [-0.2, -0.15) is 0 Å². The largest absolute Gasteiger partial charge is 0.481 e. The number of fused-ring (bicyclic) bond motifs is 5. The molecule has 0 aromatic carbocycles. The summed E-state index contributed by atoms with van der Waals surface area (Å²) in [4.78, 5) is 22.8. The van der Waals surface area contributed by atoms with Crippen LogP contribution in [-0.2, 0) is 9.59 Å². The minimum atomic E-state index is -0.739. The van der Waals surface area contributed by atoms with Crippen LogP contribution in [0.5, 0.6) is 0 Å². The number of rotatable bonds is 3. The Morgan fingerprint density at radius 3 is 2.80 bits per heavy atom. The number of carboxylic acid groups (broad SMARTS) is 1. The van der Waals surface area contributed by atoms with Crippen molar-refractivity contribution < 1.29 is 14.7 Å². The van der Waals surface area contributed by atoms with Gasteiger partial charge in [0, 0.05) is 11.3 Å². The fourth-order valence-corrected chi connectivity index (χ4v) is 6.63. The minimum absolute atomic E-state index is 0.0525. The Kier molecular flexibility index (Phi) is 3.82. The zero-order valence-corrected chi connectivity index (χ0v) is 15.2. The standard InChI is InChI=1S/C22H28O3/c1-21-11-9-19-16(18(21)7-5-15(21)13-23)6-8-17-14(12-20(24)25)4-3-10-22(17,19)2/h3,6,8,10,13,15-16,18-19H,4-5,7,9,11-12H2,1-2H3,(H,24,25)/t15?,16-,18-,19-,21+,22-/m0/s1. The zero-order chi connectivity index (χ0) is 17.8. The summed E-state index contributed by atoms with van der Waals surface area (Å²) >= 11 is 0. The summed E-state index contributed by atoms with van der Waals surface area (Å²) in [5.41, 5.74) is 2.40. The summed E-state index contributed by atoms with van der Waals surface area (Å²) in [5, 5.41) is 9.27. The van der Waals surface area contributed by atoms with Crippen LogP contribution in [0.4, 0.5) is 0 Å². The lowest BCUT2D eigenvalue weighted by Crippen LogP contribution is -2.48. The lowest BCUT2D eigenvalue weighted by atomic mass is 9.49. The molecule has 2 fully saturated rings. The first kappa shape index (κ1) is 16.8. The summed E-state index contributed by atoms with van der Waals surface area (Å²) < 4.78 is 0. The maximum Gasteiger partial charge on any atom is 0.307 e. The van der Waals surface area contributed by atoms with Crippen LogP contribution in [0.15, 0.2) is 35.5 Å². The van der Waals surface area contributed by atoms with Crippen molar-refractivity contribution in [1.82, 2.24) is 0 Å². The van der Waals surface area contributed by atoms with Gasteiger partial charge in [0.25, 0.3) is 0 Å². The lowest BCUT2D eigenvalue weighted by Gasteiger charge is -2.55. The van der Waals surface area contributed by atoms with Crippen LogP contribution >= 0.6 is 0 Å². The molecule has 0 radical (unpaired) electrons. The second-order valence-electron chi connectivity index (χ2n) is 8.99. The number of carboxylic acids is 1. The molecule has 4 rings (SSSR count). The van der Waals surface area contributed by atoms with Gasteiger partial charge in [0.1, 0.15) is 6.29 Å². The third-order valence-corrected chi connectivity index (χ3v) is 7.98. The molecule has 0 amide bonds. The van der Waals surface area contributed by atoms with Crippen molar-refractivity contribution in [1.29, 1.82) is 0 Å². The van der Waals surface area contributed by atoms with Crippen molar-refractivity contribution in [3.05, 3.63) is 35.5 Å². The molecule has 0 aromatic rings. The molecule has 0 aromatic heterocycles. The first-order valence-electron chi connectivity index (χ1n) is 9.65. The average Bonchev–Trinajstić information content (AvgIpc) is 2.90. The molecule has 0 bridgehead atoms. The van der Waals surface area contributed by atoms with E-state index in [1.54, 1.807) is 0 Å². The normalized spacial score (nSPS) is 44.9. The van der Waals surface area contributed by atoms with Gasteiger partial charge in [0.15, 0.2) is 0 Å². The summed E-state index contributed by atoms with van der Waals surface area (Å²) in [6.45, 7) is 4.63. The highest BCUT2D eigenvalue weighted by atomic mass is 16.4. The fraction of sp³-hybridized carbons (Fsp3) is 0.636. The fourth-order valence-electron chi connectivity index (χ4n) is 6.63. The molecule has 1 N–H and O–H groups in total. The van der Waals surface area contributed by atoms with Crippen LogP contribution in [0.3, 0.4) is 0 Å². The van der Waals surface area contributed by atoms with Crippen LogP contribution < -0.4 is 0 Å². The molecule has 25 heavy (non-hydrogen) atoms. The minimum Gasteiger partial charge on any atom is -0.481 e. The molecule has 3 nitrogen and oxygen atoms in total. The maximum absolute atomic E-state index is 11.6. The number of carbonyl (C=O) groups is 2. The Balaban J connectivity index is 1.74. The van der Waals surface area contributed by atoms with Gasteiger partial charge in [-0.05, 0) is 60.8 Å². The van der Waals surface area contributed by atoms with Crippen molar-refractivity contribution in [3.63, 3.8) is 0 Å². The van der Waals surface area contributed by atoms with E-state index in [4.69, 9.17) is 0 Å². The molecule has 0 heterocycles. The number of hydrogen-bond donors (Lipinski definition) is 1. The number of allylic oxidation sites excluding steroid dienone is 5. The van der Waals surface area contributed by atoms with Crippen molar-refractivity contribution >= 4 is 12.3 Å². The molecular weight excluding hydrogens is 312 g/mol. The zero-order valence-electron chi connectivity index (χ0n) is 15.2. The highest BCUT2D eigenvalue weighted by Crippen LogP contribution is 2.64. The number of aldehydes is 1. The number of hydrogen-bond acceptors (Lipinski definition) is 2. The van der Waals surface area contributed by atoms with Gasteiger partial charge in [-0.15, -0.1) is 0 Å². The maximum atomic E-state index is 11.6. The third kappa shape index (κ3) is 2.31. The van der Waals surface area contributed by atoms with Gasteiger partial charge in [-0.3, -0.25) is 4.79 Å². The molecule has 1 unspecified atom stereocenters. The second-order valence-corrected chi connectivity index (χ2v) is 8.99.